The summed E-state index contributed by atoms with van der Waals surface area (Å²) in [5, 5.41) is 0.357. The van der Waals surface area contributed by atoms with E-state index in [2.05, 4.69) is 71.9 Å². The van der Waals surface area contributed by atoms with Crippen LogP contribution in [0.2, 0.25) is 15.6 Å². The summed E-state index contributed by atoms with van der Waals surface area (Å²) in [7, 11) is -0.279. The van der Waals surface area contributed by atoms with Crippen molar-refractivity contribution in [2.75, 3.05) is 7.11 Å². The topological polar surface area (TPSA) is 18.5 Å². The molecule has 0 spiro atoms. The van der Waals surface area contributed by atoms with Gasteiger partial charge in [-0.05, 0) is 27.6 Å². The van der Waals surface area contributed by atoms with E-state index in [0.29, 0.717) is 5.54 Å². The Hall–Kier alpha value is -0.643. The molecule has 1 aromatic rings. The second kappa shape index (κ2) is 6.10. The normalized spacial score (nSPS) is 25.4. The Morgan fingerprint density at radius 3 is 2.05 bits per heavy atom. The van der Waals surface area contributed by atoms with Crippen molar-refractivity contribution in [1.29, 1.82) is 0 Å². The highest BCUT2D eigenvalue weighted by Gasteiger charge is 2.64. The second-order valence-corrected chi connectivity index (χ2v) is 14.2. The van der Waals surface area contributed by atoms with Crippen molar-refractivity contribution >= 4 is 8.32 Å². The number of rotatable bonds is 3. The zero-order valence-electron chi connectivity index (χ0n) is 15.3. The van der Waals surface area contributed by atoms with Gasteiger partial charge in [0.05, 0.1) is 0 Å². The van der Waals surface area contributed by atoms with E-state index in [0.717, 1.165) is 12.8 Å². The van der Waals surface area contributed by atoms with Crippen LogP contribution < -0.4 is 0 Å². The average Bonchev–Trinajstić information content (AvgIpc) is 2.79. The summed E-state index contributed by atoms with van der Waals surface area (Å²) in [6.07, 6.45) is 2.08. The van der Waals surface area contributed by atoms with Gasteiger partial charge in [0.1, 0.15) is 6.29 Å². The third-order valence-corrected chi connectivity index (χ3v) is 11.9. The third kappa shape index (κ3) is 3.04. The van der Waals surface area contributed by atoms with E-state index in [1.165, 1.54) is 5.56 Å². The molecule has 2 rings (SSSR count). The minimum Gasteiger partial charge on any atom is -0.391 e. The molecule has 2 nitrogen and oxygen atoms in total. The van der Waals surface area contributed by atoms with Crippen LogP contribution in [0, 0.1) is 0 Å². The van der Waals surface area contributed by atoms with Crippen molar-refractivity contribution in [2.45, 2.75) is 76.3 Å². The molecule has 1 aromatic carbocycles. The number of hydrogen-bond donors (Lipinski definition) is 0. The lowest BCUT2D eigenvalue weighted by molar-refractivity contribution is -0.0498. The molecule has 1 aliphatic rings. The zero-order chi connectivity index (χ0) is 16.6. The van der Waals surface area contributed by atoms with Gasteiger partial charge in [0.15, 0.2) is 0 Å². The smallest absolute Gasteiger partial charge is 0.210 e. The standard InChI is InChI=1S/C19H32O2Si/c1-18(2,3)22(19(4,5)6)16(14-17(20-7)21-22)13-15-11-9-8-10-12-15/h8-12,16-17H,13-14H2,1-7H3/t16-,17?/m0/s1. The molecule has 1 aliphatic heterocycles. The molecule has 0 radical (unpaired) electrons. The first-order valence-corrected chi connectivity index (χ1v) is 10.3. The Kier molecular flexibility index (Phi) is 4.91. The van der Waals surface area contributed by atoms with Gasteiger partial charge in [0.2, 0.25) is 8.32 Å². The number of methoxy groups -OCH3 is 1. The Morgan fingerprint density at radius 2 is 1.59 bits per heavy atom. The summed E-state index contributed by atoms with van der Waals surface area (Å²) in [6, 6.07) is 10.8. The molecular formula is C19H32O2Si. The summed E-state index contributed by atoms with van der Waals surface area (Å²) in [5.74, 6) is 0. The summed E-state index contributed by atoms with van der Waals surface area (Å²) in [6.45, 7) is 14.2. The quantitative estimate of drug-likeness (QED) is 0.681. The van der Waals surface area contributed by atoms with Crippen molar-refractivity contribution in [1.82, 2.24) is 0 Å². The number of benzene rings is 1. The predicted octanol–water partition coefficient (Wildman–Crippen LogP) is 5.54. The fraction of sp³-hybridized carbons (Fsp3) is 0.684. The van der Waals surface area contributed by atoms with Crippen molar-refractivity contribution in [3.63, 3.8) is 0 Å². The molecule has 1 unspecified atom stereocenters. The van der Waals surface area contributed by atoms with Gasteiger partial charge in [0, 0.05) is 13.5 Å². The minimum atomic E-state index is -2.06. The minimum absolute atomic E-state index is 0.0428. The summed E-state index contributed by atoms with van der Waals surface area (Å²) >= 11 is 0. The molecular weight excluding hydrogens is 288 g/mol. The Morgan fingerprint density at radius 1 is 1.05 bits per heavy atom. The highest BCUT2D eigenvalue weighted by atomic mass is 28.4. The molecule has 22 heavy (non-hydrogen) atoms. The van der Waals surface area contributed by atoms with Crippen LogP contribution in [-0.2, 0) is 15.6 Å². The molecule has 2 atom stereocenters. The highest BCUT2D eigenvalue weighted by molar-refractivity contribution is 6.81. The van der Waals surface area contributed by atoms with E-state index >= 15 is 0 Å². The van der Waals surface area contributed by atoms with Gasteiger partial charge in [-0.3, -0.25) is 0 Å². The van der Waals surface area contributed by atoms with Crippen LogP contribution in [0.15, 0.2) is 30.3 Å². The Bertz CT molecular complexity index is 470. The lowest BCUT2D eigenvalue weighted by atomic mass is 10.1. The van der Waals surface area contributed by atoms with Crippen LogP contribution in [0.5, 0.6) is 0 Å². The van der Waals surface area contributed by atoms with E-state index in [9.17, 15) is 0 Å². The first-order chi connectivity index (χ1) is 10.1. The van der Waals surface area contributed by atoms with Crippen LogP contribution in [0.3, 0.4) is 0 Å². The van der Waals surface area contributed by atoms with Gasteiger partial charge >= 0.3 is 0 Å². The summed E-state index contributed by atoms with van der Waals surface area (Å²) in [4.78, 5) is 0. The first kappa shape index (κ1) is 17.7. The molecule has 0 N–H and O–H groups in total. The van der Waals surface area contributed by atoms with Gasteiger partial charge < -0.3 is 9.16 Å². The van der Waals surface area contributed by atoms with Crippen molar-refractivity contribution in [2.24, 2.45) is 0 Å². The Labute approximate surface area is 137 Å². The predicted molar refractivity (Wildman–Crippen MR) is 95.6 cm³/mol. The molecule has 3 heteroatoms. The maximum absolute atomic E-state index is 6.73. The third-order valence-electron chi connectivity index (χ3n) is 5.19. The van der Waals surface area contributed by atoms with E-state index in [4.69, 9.17) is 9.16 Å². The number of hydrogen-bond acceptors (Lipinski definition) is 2. The van der Waals surface area contributed by atoms with E-state index in [1.54, 1.807) is 7.11 Å². The van der Waals surface area contributed by atoms with Gasteiger partial charge in [-0.2, -0.15) is 0 Å². The maximum Gasteiger partial charge on any atom is 0.210 e. The monoisotopic (exact) mass is 320 g/mol. The van der Waals surface area contributed by atoms with Crippen LogP contribution >= 0.6 is 0 Å². The van der Waals surface area contributed by atoms with Crippen molar-refractivity contribution in [3.8, 4) is 0 Å². The molecule has 1 fully saturated rings. The van der Waals surface area contributed by atoms with Crippen LogP contribution in [-0.4, -0.2) is 21.7 Å². The van der Waals surface area contributed by atoms with E-state index in [-0.39, 0.29) is 16.4 Å². The molecule has 124 valence electrons. The number of ether oxygens (including phenoxy) is 1. The van der Waals surface area contributed by atoms with Crippen LogP contribution in [0.25, 0.3) is 0 Å². The maximum atomic E-state index is 6.73. The van der Waals surface area contributed by atoms with E-state index in [1.807, 2.05) is 0 Å². The van der Waals surface area contributed by atoms with Gasteiger partial charge in [-0.1, -0.05) is 71.9 Å². The fourth-order valence-electron chi connectivity index (χ4n) is 4.72. The van der Waals surface area contributed by atoms with E-state index < -0.39 is 8.32 Å². The van der Waals surface area contributed by atoms with Gasteiger partial charge in [0.25, 0.3) is 0 Å². The molecule has 0 saturated carbocycles. The first-order valence-electron chi connectivity index (χ1n) is 8.36. The Balaban J connectivity index is 2.43. The van der Waals surface area contributed by atoms with Crippen molar-refractivity contribution < 1.29 is 9.16 Å². The average molecular weight is 321 g/mol. The molecule has 0 bridgehead atoms. The molecule has 0 amide bonds. The largest absolute Gasteiger partial charge is 0.391 e. The SMILES string of the molecule is COC1C[C@H](Cc2ccccc2)[Si](C(C)(C)C)(C(C)(C)C)O1. The molecule has 1 saturated heterocycles. The molecule has 1 heterocycles. The summed E-state index contributed by atoms with van der Waals surface area (Å²) < 4.78 is 12.4. The van der Waals surface area contributed by atoms with Crippen LogP contribution in [0.4, 0.5) is 0 Å². The molecule has 0 aromatic heterocycles. The lowest BCUT2D eigenvalue weighted by Gasteiger charge is -2.51. The summed E-state index contributed by atoms with van der Waals surface area (Å²) in [5.41, 5.74) is 2.00. The fourth-order valence-corrected chi connectivity index (χ4v) is 12.0. The van der Waals surface area contributed by atoms with Crippen LogP contribution in [0.1, 0.15) is 53.5 Å². The molecule has 0 aliphatic carbocycles. The van der Waals surface area contributed by atoms with Gasteiger partial charge in [-0.15, -0.1) is 0 Å². The zero-order valence-corrected chi connectivity index (χ0v) is 16.3. The second-order valence-electron chi connectivity index (χ2n) is 8.64. The highest BCUT2D eigenvalue weighted by Crippen LogP contribution is 2.62. The van der Waals surface area contributed by atoms with Crippen molar-refractivity contribution in [3.05, 3.63) is 35.9 Å². The lowest BCUT2D eigenvalue weighted by Crippen LogP contribution is -2.55. The van der Waals surface area contributed by atoms with Gasteiger partial charge in [-0.25, -0.2) is 0 Å².